The van der Waals surface area contributed by atoms with E-state index < -0.39 is 37.5 Å². The van der Waals surface area contributed by atoms with Crippen molar-refractivity contribution >= 4 is 60.3 Å². The lowest BCUT2D eigenvalue weighted by Crippen LogP contribution is -2.04. The Hall–Kier alpha value is -2.60. The Balaban J connectivity index is 2.74. The summed E-state index contributed by atoms with van der Waals surface area (Å²) in [6.45, 7) is 0. The van der Waals surface area contributed by atoms with Crippen molar-refractivity contribution in [3.63, 3.8) is 0 Å². The van der Waals surface area contributed by atoms with Crippen LogP contribution in [0.25, 0.3) is 0 Å². The van der Waals surface area contributed by atoms with Crippen LogP contribution >= 0.6 is 31.9 Å². The van der Waals surface area contributed by atoms with Crippen LogP contribution in [0.1, 0.15) is 0 Å². The lowest BCUT2D eigenvalue weighted by atomic mass is 10.2. The van der Waals surface area contributed by atoms with Gasteiger partial charge in [-0.25, -0.2) is 0 Å². The molecule has 0 unspecified atom stereocenters. The minimum Gasteiger partial charge on any atom is -0.342 e. The number of nitrogens with one attached hydrogen (secondary N) is 1. The van der Waals surface area contributed by atoms with Gasteiger partial charge in [0.05, 0.1) is 32.6 Å². The van der Waals surface area contributed by atoms with Gasteiger partial charge in [0, 0.05) is 8.95 Å². The van der Waals surface area contributed by atoms with Crippen LogP contribution in [0.2, 0.25) is 0 Å². The molecule has 0 aliphatic carbocycles. The van der Waals surface area contributed by atoms with E-state index in [0.717, 1.165) is 0 Å². The second kappa shape index (κ2) is 6.88. The van der Waals surface area contributed by atoms with Gasteiger partial charge in [0.15, 0.2) is 5.69 Å². The van der Waals surface area contributed by atoms with Crippen LogP contribution in [-0.4, -0.2) is 14.8 Å². The van der Waals surface area contributed by atoms with Crippen LogP contribution in [-0.2, 0) is 0 Å². The first-order chi connectivity index (χ1) is 11.2. The summed E-state index contributed by atoms with van der Waals surface area (Å²) in [7, 11) is 0. The van der Waals surface area contributed by atoms with Crippen molar-refractivity contribution in [1.29, 1.82) is 0 Å². The predicted octanol–water partition coefficient (Wildman–Crippen LogP) is 4.68. The van der Waals surface area contributed by atoms with Crippen LogP contribution < -0.4 is 5.32 Å². The van der Waals surface area contributed by atoms with Gasteiger partial charge in [-0.2, -0.15) is 0 Å². The fraction of sp³-hybridized carbons (Fsp3) is 0. The molecule has 0 aromatic heterocycles. The molecule has 0 fully saturated rings. The molecule has 2 aromatic carbocycles. The third-order valence-electron chi connectivity index (χ3n) is 2.90. The van der Waals surface area contributed by atoms with E-state index in [1.807, 2.05) is 0 Å². The van der Waals surface area contributed by atoms with Crippen LogP contribution in [0.15, 0.2) is 39.3 Å². The molecule has 1 N–H and O–H groups in total. The van der Waals surface area contributed by atoms with E-state index in [1.54, 1.807) is 18.2 Å². The molecule has 0 spiro atoms. The first kappa shape index (κ1) is 17.7. The number of para-hydroxylation sites is 1. The Labute approximate surface area is 150 Å². The van der Waals surface area contributed by atoms with Crippen molar-refractivity contribution in [2.24, 2.45) is 0 Å². The van der Waals surface area contributed by atoms with Crippen LogP contribution in [0.5, 0.6) is 0 Å². The Morgan fingerprint density at radius 2 is 1.25 bits per heavy atom. The average Bonchev–Trinajstić information content (AvgIpc) is 2.50. The van der Waals surface area contributed by atoms with E-state index in [2.05, 4.69) is 37.2 Å². The molecule has 2 rings (SSSR count). The Morgan fingerprint density at radius 1 is 0.792 bits per heavy atom. The summed E-state index contributed by atoms with van der Waals surface area (Å²) >= 11 is 6.45. The van der Waals surface area contributed by atoms with Crippen LogP contribution in [0, 0.1) is 30.3 Å². The zero-order valence-electron chi connectivity index (χ0n) is 11.4. The normalized spacial score (nSPS) is 10.2. The van der Waals surface area contributed by atoms with E-state index in [4.69, 9.17) is 0 Å². The molecule has 0 radical (unpaired) electrons. The molecule has 0 bridgehead atoms. The minimum absolute atomic E-state index is 0.303. The summed E-state index contributed by atoms with van der Waals surface area (Å²) < 4.78 is 0.970. The number of nitrogens with zero attached hydrogens (tertiary/aromatic N) is 3. The number of rotatable bonds is 5. The molecular formula is C12H6Br2N4O6. The Kier molecular flexibility index (Phi) is 5.09. The second-order valence-electron chi connectivity index (χ2n) is 4.35. The summed E-state index contributed by atoms with van der Waals surface area (Å²) in [5.74, 6) is 0. The number of non-ortho nitro benzene ring substituents is 1. The highest BCUT2D eigenvalue weighted by Crippen LogP contribution is 2.42. The SMILES string of the molecule is O=[N+]([O-])c1cc([N+](=O)[O-])c(Nc2c(Br)cccc2Br)c([N+](=O)[O-])c1. The van der Waals surface area contributed by atoms with Gasteiger partial charge in [-0.05, 0) is 44.0 Å². The van der Waals surface area contributed by atoms with Crippen molar-refractivity contribution < 1.29 is 14.8 Å². The fourth-order valence-corrected chi connectivity index (χ4v) is 3.06. The summed E-state index contributed by atoms with van der Waals surface area (Å²) in [6.07, 6.45) is 0. The molecule has 0 aliphatic rings. The third-order valence-corrected chi connectivity index (χ3v) is 4.22. The van der Waals surface area contributed by atoms with Gasteiger partial charge in [0.2, 0.25) is 0 Å². The van der Waals surface area contributed by atoms with E-state index in [0.29, 0.717) is 26.8 Å². The second-order valence-corrected chi connectivity index (χ2v) is 6.06. The molecule has 0 heterocycles. The van der Waals surface area contributed by atoms with Crippen LogP contribution in [0.4, 0.5) is 28.4 Å². The Morgan fingerprint density at radius 3 is 1.62 bits per heavy atom. The molecule has 0 saturated carbocycles. The summed E-state index contributed by atoms with van der Waals surface area (Å²) in [6, 6.07) is 6.25. The average molecular weight is 462 g/mol. The van der Waals surface area contributed by atoms with Gasteiger partial charge >= 0.3 is 11.4 Å². The number of nitro benzene ring substituents is 3. The number of nitro groups is 3. The number of benzene rings is 2. The van der Waals surface area contributed by atoms with Crippen molar-refractivity contribution in [2.75, 3.05) is 5.32 Å². The monoisotopic (exact) mass is 460 g/mol. The first-order valence-electron chi connectivity index (χ1n) is 6.04. The number of halogens is 2. The number of hydrogen-bond donors (Lipinski definition) is 1. The molecule has 124 valence electrons. The lowest BCUT2D eigenvalue weighted by molar-refractivity contribution is -0.401. The zero-order valence-corrected chi connectivity index (χ0v) is 14.6. The van der Waals surface area contributed by atoms with E-state index >= 15 is 0 Å². The van der Waals surface area contributed by atoms with E-state index in [-0.39, 0.29) is 0 Å². The zero-order chi connectivity index (χ0) is 18.0. The highest BCUT2D eigenvalue weighted by Gasteiger charge is 2.31. The smallest absolute Gasteiger partial charge is 0.306 e. The summed E-state index contributed by atoms with van der Waals surface area (Å²) in [5.41, 5.74) is -2.46. The minimum atomic E-state index is -0.932. The summed E-state index contributed by atoms with van der Waals surface area (Å²) in [4.78, 5) is 30.5. The molecule has 0 atom stereocenters. The standard InChI is InChI=1S/C12H6Br2N4O6/c13-7-2-1-3-8(14)11(7)15-12-9(17(21)22)4-6(16(19)20)5-10(12)18(23)24/h1-5,15H. The molecule has 0 saturated heterocycles. The highest BCUT2D eigenvalue weighted by molar-refractivity contribution is 9.11. The molecular weight excluding hydrogens is 456 g/mol. The van der Waals surface area contributed by atoms with E-state index in [1.165, 1.54) is 0 Å². The number of anilines is 2. The fourth-order valence-electron chi connectivity index (χ4n) is 1.86. The largest absolute Gasteiger partial charge is 0.342 e. The summed E-state index contributed by atoms with van der Waals surface area (Å²) in [5, 5.41) is 35.9. The van der Waals surface area contributed by atoms with E-state index in [9.17, 15) is 30.3 Å². The Bertz CT molecular complexity index is 817. The van der Waals surface area contributed by atoms with Crippen molar-refractivity contribution in [3.8, 4) is 0 Å². The van der Waals surface area contributed by atoms with Gasteiger partial charge in [0.1, 0.15) is 0 Å². The lowest BCUT2D eigenvalue weighted by Gasteiger charge is -2.11. The quantitative estimate of drug-likeness (QED) is 0.503. The maximum Gasteiger partial charge on any atom is 0.306 e. The first-order valence-corrected chi connectivity index (χ1v) is 7.63. The maximum absolute atomic E-state index is 11.2. The molecule has 24 heavy (non-hydrogen) atoms. The van der Waals surface area contributed by atoms with Gasteiger partial charge in [-0.1, -0.05) is 6.07 Å². The van der Waals surface area contributed by atoms with Gasteiger partial charge < -0.3 is 5.32 Å². The molecule has 10 nitrogen and oxygen atoms in total. The topological polar surface area (TPSA) is 141 Å². The van der Waals surface area contributed by atoms with Gasteiger partial charge in [0.25, 0.3) is 5.69 Å². The number of hydrogen-bond acceptors (Lipinski definition) is 7. The predicted molar refractivity (Wildman–Crippen MR) is 91.5 cm³/mol. The molecule has 12 heteroatoms. The third kappa shape index (κ3) is 3.49. The highest BCUT2D eigenvalue weighted by atomic mass is 79.9. The van der Waals surface area contributed by atoms with Crippen molar-refractivity contribution in [1.82, 2.24) is 0 Å². The van der Waals surface area contributed by atoms with Crippen LogP contribution in [0.3, 0.4) is 0 Å². The maximum atomic E-state index is 11.2. The van der Waals surface area contributed by atoms with Gasteiger partial charge in [-0.3, -0.25) is 30.3 Å². The molecule has 0 aliphatic heterocycles. The van der Waals surface area contributed by atoms with Gasteiger partial charge in [-0.15, -0.1) is 0 Å². The molecule has 2 aromatic rings. The van der Waals surface area contributed by atoms with Crippen molar-refractivity contribution in [2.45, 2.75) is 0 Å². The molecule has 0 amide bonds. The van der Waals surface area contributed by atoms with Crippen molar-refractivity contribution in [3.05, 3.63) is 69.6 Å².